The molecule has 1 atom stereocenters. The van der Waals surface area contributed by atoms with Gasteiger partial charge in [-0.2, -0.15) is 0 Å². The van der Waals surface area contributed by atoms with Crippen LogP contribution in [0.25, 0.3) is 0 Å². The second-order valence-electron chi connectivity index (χ2n) is 6.84. The number of hydrogen-bond acceptors (Lipinski definition) is 5. The molecule has 6 nitrogen and oxygen atoms in total. The molecule has 0 bridgehead atoms. The standard InChI is InChI=1S/C23H30N2O4/c1-4-27-20-14-17(15-21(28-5-2)22(20)29-6-3)23(26)24-18-12-13-25(16-18)19-10-8-7-9-11-19/h7-11,14-15,18H,4-6,12-13,16H2,1-3H3,(H,24,26). The first-order chi connectivity index (χ1) is 14.2. The lowest BCUT2D eigenvalue weighted by Gasteiger charge is -2.20. The monoisotopic (exact) mass is 398 g/mol. The average molecular weight is 399 g/mol. The Kier molecular flexibility index (Phi) is 7.22. The maximum atomic E-state index is 12.9. The molecule has 0 spiro atoms. The Bertz CT molecular complexity index is 783. The summed E-state index contributed by atoms with van der Waals surface area (Å²) in [6.07, 6.45) is 0.911. The molecule has 0 radical (unpaired) electrons. The van der Waals surface area contributed by atoms with Crippen LogP contribution in [-0.2, 0) is 0 Å². The van der Waals surface area contributed by atoms with E-state index in [2.05, 4.69) is 22.3 Å². The molecule has 1 N–H and O–H groups in total. The Hall–Kier alpha value is -2.89. The lowest BCUT2D eigenvalue weighted by Crippen LogP contribution is -2.37. The summed E-state index contributed by atoms with van der Waals surface area (Å²) in [5.41, 5.74) is 1.70. The predicted molar refractivity (Wildman–Crippen MR) is 114 cm³/mol. The van der Waals surface area contributed by atoms with E-state index in [-0.39, 0.29) is 11.9 Å². The summed E-state index contributed by atoms with van der Waals surface area (Å²) in [5.74, 6) is 1.48. The molecule has 2 aromatic carbocycles. The number of ether oxygens (including phenoxy) is 3. The number of para-hydroxylation sites is 1. The van der Waals surface area contributed by atoms with Gasteiger partial charge in [0, 0.05) is 30.4 Å². The molecule has 1 heterocycles. The van der Waals surface area contributed by atoms with Crippen molar-refractivity contribution in [2.24, 2.45) is 0 Å². The van der Waals surface area contributed by atoms with E-state index in [0.717, 1.165) is 19.5 Å². The molecular weight excluding hydrogens is 368 g/mol. The van der Waals surface area contributed by atoms with Gasteiger partial charge in [-0.05, 0) is 51.5 Å². The van der Waals surface area contributed by atoms with Gasteiger partial charge >= 0.3 is 0 Å². The smallest absolute Gasteiger partial charge is 0.251 e. The zero-order valence-corrected chi connectivity index (χ0v) is 17.4. The summed E-state index contributed by atoms with van der Waals surface area (Å²) in [6.45, 7) is 8.87. The van der Waals surface area contributed by atoms with Crippen molar-refractivity contribution in [2.45, 2.75) is 33.2 Å². The topological polar surface area (TPSA) is 60.0 Å². The molecule has 3 rings (SSSR count). The third kappa shape index (κ3) is 5.13. The van der Waals surface area contributed by atoms with Crippen LogP contribution in [0.1, 0.15) is 37.6 Å². The van der Waals surface area contributed by atoms with Crippen LogP contribution in [0.2, 0.25) is 0 Å². The van der Waals surface area contributed by atoms with Crippen LogP contribution >= 0.6 is 0 Å². The quantitative estimate of drug-likeness (QED) is 0.694. The van der Waals surface area contributed by atoms with Crippen LogP contribution in [0.3, 0.4) is 0 Å². The highest BCUT2D eigenvalue weighted by molar-refractivity contribution is 5.96. The van der Waals surface area contributed by atoms with Gasteiger partial charge in [0.15, 0.2) is 11.5 Å². The molecule has 0 aliphatic carbocycles. The van der Waals surface area contributed by atoms with Gasteiger partial charge in [0.1, 0.15) is 0 Å². The van der Waals surface area contributed by atoms with Crippen LogP contribution < -0.4 is 24.4 Å². The van der Waals surface area contributed by atoms with E-state index in [1.165, 1.54) is 5.69 Å². The Morgan fingerprint density at radius 3 is 2.21 bits per heavy atom. The minimum atomic E-state index is -0.130. The van der Waals surface area contributed by atoms with Crippen molar-refractivity contribution in [1.29, 1.82) is 0 Å². The predicted octanol–water partition coefficient (Wildman–Crippen LogP) is 3.89. The van der Waals surface area contributed by atoms with E-state index in [1.807, 2.05) is 39.0 Å². The Labute approximate surface area is 172 Å². The molecular formula is C23H30N2O4. The SMILES string of the molecule is CCOc1cc(C(=O)NC2CCN(c3ccccc3)C2)cc(OCC)c1OCC. The zero-order chi connectivity index (χ0) is 20.6. The summed E-state index contributed by atoms with van der Waals surface area (Å²) >= 11 is 0. The fraction of sp³-hybridized carbons (Fsp3) is 0.435. The third-order valence-electron chi connectivity index (χ3n) is 4.82. The summed E-state index contributed by atoms with van der Waals surface area (Å²) in [4.78, 5) is 15.2. The van der Waals surface area contributed by atoms with Gasteiger partial charge < -0.3 is 24.4 Å². The first-order valence-corrected chi connectivity index (χ1v) is 10.3. The van der Waals surface area contributed by atoms with E-state index in [0.29, 0.717) is 42.6 Å². The highest BCUT2D eigenvalue weighted by atomic mass is 16.5. The lowest BCUT2D eigenvalue weighted by molar-refractivity contribution is 0.0939. The molecule has 1 unspecified atom stereocenters. The normalized spacial score (nSPS) is 15.8. The lowest BCUT2D eigenvalue weighted by atomic mass is 10.1. The van der Waals surface area contributed by atoms with Gasteiger partial charge in [-0.1, -0.05) is 18.2 Å². The minimum Gasteiger partial charge on any atom is -0.490 e. The van der Waals surface area contributed by atoms with E-state index in [4.69, 9.17) is 14.2 Å². The average Bonchev–Trinajstić information content (AvgIpc) is 3.19. The fourth-order valence-electron chi connectivity index (χ4n) is 3.54. The van der Waals surface area contributed by atoms with Crippen molar-refractivity contribution < 1.29 is 19.0 Å². The van der Waals surface area contributed by atoms with Crippen molar-refractivity contribution in [2.75, 3.05) is 37.8 Å². The van der Waals surface area contributed by atoms with Crippen LogP contribution in [0.5, 0.6) is 17.2 Å². The van der Waals surface area contributed by atoms with Crippen molar-refractivity contribution in [3.63, 3.8) is 0 Å². The fourth-order valence-corrected chi connectivity index (χ4v) is 3.54. The molecule has 1 saturated heterocycles. The van der Waals surface area contributed by atoms with Crippen molar-refractivity contribution in [3.8, 4) is 17.2 Å². The Morgan fingerprint density at radius 2 is 1.62 bits per heavy atom. The molecule has 156 valence electrons. The minimum absolute atomic E-state index is 0.0976. The van der Waals surface area contributed by atoms with Crippen molar-refractivity contribution >= 4 is 11.6 Å². The number of hydrogen-bond donors (Lipinski definition) is 1. The number of nitrogens with zero attached hydrogens (tertiary/aromatic N) is 1. The number of carbonyl (C=O) groups excluding carboxylic acids is 1. The van der Waals surface area contributed by atoms with E-state index in [1.54, 1.807) is 12.1 Å². The van der Waals surface area contributed by atoms with Gasteiger partial charge in [0.05, 0.1) is 19.8 Å². The maximum absolute atomic E-state index is 12.9. The molecule has 6 heteroatoms. The summed E-state index contributed by atoms with van der Waals surface area (Å²) in [6, 6.07) is 13.8. The molecule has 1 aliphatic heterocycles. The number of rotatable bonds is 9. The van der Waals surface area contributed by atoms with E-state index in [9.17, 15) is 4.79 Å². The van der Waals surface area contributed by atoms with Crippen LogP contribution in [0, 0.1) is 0 Å². The van der Waals surface area contributed by atoms with E-state index < -0.39 is 0 Å². The van der Waals surface area contributed by atoms with Gasteiger partial charge in [-0.15, -0.1) is 0 Å². The summed E-state index contributed by atoms with van der Waals surface area (Å²) in [7, 11) is 0. The molecule has 29 heavy (non-hydrogen) atoms. The van der Waals surface area contributed by atoms with Crippen LogP contribution in [-0.4, -0.2) is 44.9 Å². The zero-order valence-electron chi connectivity index (χ0n) is 17.4. The van der Waals surface area contributed by atoms with Crippen LogP contribution in [0.15, 0.2) is 42.5 Å². The number of amides is 1. The molecule has 1 aliphatic rings. The van der Waals surface area contributed by atoms with Crippen LogP contribution in [0.4, 0.5) is 5.69 Å². The Balaban J connectivity index is 1.74. The number of carbonyl (C=O) groups is 1. The molecule has 1 amide bonds. The molecule has 0 saturated carbocycles. The highest BCUT2D eigenvalue weighted by Gasteiger charge is 2.25. The largest absolute Gasteiger partial charge is 0.490 e. The molecule has 0 aromatic heterocycles. The summed E-state index contributed by atoms with van der Waals surface area (Å²) in [5, 5.41) is 3.15. The second-order valence-corrected chi connectivity index (χ2v) is 6.84. The first-order valence-electron chi connectivity index (χ1n) is 10.3. The van der Waals surface area contributed by atoms with Gasteiger partial charge in [-0.3, -0.25) is 4.79 Å². The third-order valence-corrected chi connectivity index (χ3v) is 4.82. The van der Waals surface area contributed by atoms with Gasteiger partial charge in [-0.25, -0.2) is 0 Å². The summed E-state index contributed by atoms with van der Waals surface area (Å²) < 4.78 is 17.2. The van der Waals surface area contributed by atoms with Gasteiger partial charge in [0.2, 0.25) is 5.75 Å². The van der Waals surface area contributed by atoms with Crippen molar-refractivity contribution in [3.05, 3.63) is 48.0 Å². The number of benzene rings is 2. The number of nitrogens with one attached hydrogen (secondary N) is 1. The van der Waals surface area contributed by atoms with E-state index >= 15 is 0 Å². The number of anilines is 1. The highest BCUT2D eigenvalue weighted by Crippen LogP contribution is 2.39. The second kappa shape index (κ2) is 10.0. The molecule has 1 fully saturated rings. The van der Waals surface area contributed by atoms with Gasteiger partial charge in [0.25, 0.3) is 5.91 Å². The molecule has 2 aromatic rings. The first kappa shape index (κ1) is 20.8. The Morgan fingerprint density at radius 1 is 1.00 bits per heavy atom. The van der Waals surface area contributed by atoms with Crippen molar-refractivity contribution in [1.82, 2.24) is 5.32 Å². The maximum Gasteiger partial charge on any atom is 0.251 e.